The lowest BCUT2D eigenvalue weighted by Crippen LogP contribution is -1.96. The van der Waals surface area contributed by atoms with Crippen LogP contribution >= 0.6 is 11.6 Å². The van der Waals surface area contributed by atoms with Gasteiger partial charge in [-0.3, -0.25) is 9.97 Å². The van der Waals surface area contributed by atoms with Gasteiger partial charge in [-0.1, -0.05) is 11.6 Å². The lowest BCUT2D eigenvalue weighted by atomic mass is 10.1. The number of nitrogens with one attached hydrogen (secondary N) is 2. The molecule has 5 aromatic rings. The smallest absolute Gasteiger partial charge is 0.155 e. The van der Waals surface area contributed by atoms with Gasteiger partial charge < -0.3 is 10.3 Å². The van der Waals surface area contributed by atoms with Crippen LogP contribution in [0, 0.1) is 0 Å². The van der Waals surface area contributed by atoms with Gasteiger partial charge >= 0.3 is 0 Å². The first-order valence-corrected chi connectivity index (χ1v) is 8.19. The summed E-state index contributed by atoms with van der Waals surface area (Å²) in [6.45, 7) is 0. The first-order chi connectivity index (χ1) is 12.3. The SMILES string of the molecule is Clc1ccc(Nc2nc3cnccc3c3c2[nH]c2cnccc23)cc1. The number of hydrogen-bond acceptors (Lipinski definition) is 4. The molecule has 0 radical (unpaired) electrons. The molecule has 4 heterocycles. The third-order valence-corrected chi connectivity index (χ3v) is 4.50. The number of aromatic amines is 1. The maximum absolute atomic E-state index is 5.98. The third kappa shape index (κ3) is 2.28. The predicted octanol–water partition coefficient (Wildman–Crippen LogP) is 5.06. The molecule has 0 spiro atoms. The fourth-order valence-electron chi connectivity index (χ4n) is 3.12. The van der Waals surface area contributed by atoms with Crippen LogP contribution in [-0.4, -0.2) is 19.9 Å². The molecule has 0 atom stereocenters. The molecule has 120 valence electrons. The molecule has 0 aliphatic carbocycles. The molecule has 5 nitrogen and oxygen atoms in total. The van der Waals surface area contributed by atoms with Gasteiger partial charge in [-0.25, -0.2) is 4.98 Å². The van der Waals surface area contributed by atoms with Crippen molar-refractivity contribution in [2.24, 2.45) is 0 Å². The van der Waals surface area contributed by atoms with Crippen LogP contribution in [-0.2, 0) is 0 Å². The summed E-state index contributed by atoms with van der Waals surface area (Å²) < 4.78 is 0. The van der Waals surface area contributed by atoms with E-state index >= 15 is 0 Å². The lowest BCUT2D eigenvalue weighted by molar-refractivity contribution is 1.31. The number of rotatable bonds is 2. The van der Waals surface area contributed by atoms with Crippen molar-refractivity contribution in [1.82, 2.24) is 19.9 Å². The largest absolute Gasteiger partial charge is 0.350 e. The number of fused-ring (bicyclic) bond motifs is 5. The molecule has 0 bridgehead atoms. The van der Waals surface area contributed by atoms with Crippen LogP contribution in [0.4, 0.5) is 11.5 Å². The summed E-state index contributed by atoms with van der Waals surface area (Å²) in [7, 11) is 0. The highest BCUT2D eigenvalue weighted by atomic mass is 35.5. The van der Waals surface area contributed by atoms with E-state index in [2.05, 4.69) is 20.3 Å². The van der Waals surface area contributed by atoms with Crippen LogP contribution in [0.15, 0.2) is 61.2 Å². The molecule has 0 saturated heterocycles. The van der Waals surface area contributed by atoms with Crippen molar-refractivity contribution >= 4 is 55.8 Å². The Bertz CT molecular complexity index is 1230. The van der Waals surface area contributed by atoms with Crippen LogP contribution in [0.1, 0.15) is 0 Å². The Labute approximate surface area is 147 Å². The molecular weight excluding hydrogens is 334 g/mol. The number of benzene rings is 1. The van der Waals surface area contributed by atoms with Crippen LogP contribution in [0.25, 0.3) is 32.7 Å². The summed E-state index contributed by atoms with van der Waals surface area (Å²) >= 11 is 5.98. The minimum Gasteiger partial charge on any atom is -0.350 e. The predicted molar refractivity (Wildman–Crippen MR) is 101 cm³/mol. The second-order valence-corrected chi connectivity index (χ2v) is 6.22. The number of pyridine rings is 3. The Morgan fingerprint density at radius 2 is 1.64 bits per heavy atom. The molecule has 0 aliphatic heterocycles. The summed E-state index contributed by atoms with van der Waals surface area (Å²) in [5.74, 6) is 0.744. The van der Waals surface area contributed by atoms with E-state index in [1.165, 1.54) is 0 Å². The Morgan fingerprint density at radius 1 is 0.880 bits per heavy atom. The number of hydrogen-bond donors (Lipinski definition) is 2. The Hall–Kier alpha value is -3.18. The van der Waals surface area contributed by atoms with Gasteiger partial charge in [-0.05, 0) is 36.4 Å². The van der Waals surface area contributed by atoms with E-state index in [0.29, 0.717) is 5.02 Å². The molecule has 0 amide bonds. The third-order valence-electron chi connectivity index (χ3n) is 4.25. The second-order valence-electron chi connectivity index (χ2n) is 5.78. The number of H-pyrrole nitrogens is 1. The van der Waals surface area contributed by atoms with E-state index < -0.39 is 0 Å². The summed E-state index contributed by atoms with van der Waals surface area (Å²) in [5, 5.41) is 7.36. The summed E-state index contributed by atoms with van der Waals surface area (Å²) in [5.41, 5.74) is 3.67. The highest BCUT2D eigenvalue weighted by molar-refractivity contribution is 6.30. The first-order valence-electron chi connectivity index (χ1n) is 7.81. The van der Waals surface area contributed by atoms with Crippen molar-refractivity contribution in [3.05, 3.63) is 66.2 Å². The van der Waals surface area contributed by atoms with Gasteiger partial charge in [0, 0.05) is 39.3 Å². The number of halogens is 1. The highest BCUT2D eigenvalue weighted by Gasteiger charge is 2.14. The molecule has 5 rings (SSSR count). The molecule has 25 heavy (non-hydrogen) atoms. The topological polar surface area (TPSA) is 66.5 Å². The molecule has 2 N–H and O–H groups in total. The van der Waals surface area contributed by atoms with Crippen molar-refractivity contribution in [3.63, 3.8) is 0 Å². The van der Waals surface area contributed by atoms with E-state index in [9.17, 15) is 0 Å². The second kappa shape index (κ2) is 5.43. The summed E-state index contributed by atoms with van der Waals surface area (Å²) in [6.07, 6.45) is 7.20. The van der Waals surface area contributed by atoms with E-state index in [-0.39, 0.29) is 0 Å². The van der Waals surface area contributed by atoms with Crippen molar-refractivity contribution in [2.75, 3.05) is 5.32 Å². The minimum atomic E-state index is 0.697. The molecule has 4 aromatic heterocycles. The minimum absolute atomic E-state index is 0.697. The Kier molecular flexibility index (Phi) is 3.08. The van der Waals surface area contributed by atoms with Gasteiger partial charge in [0.15, 0.2) is 5.82 Å². The monoisotopic (exact) mass is 345 g/mol. The van der Waals surface area contributed by atoms with Crippen molar-refractivity contribution in [2.45, 2.75) is 0 Å². The van der Waals surface area contributed by atoms with Gasteiger partial charge in [-0.2, -0.15) is 0 Å². The molecule has 0 fully saturated rings. The van der Waals surface area contributed by atoms with Crippen LogP contribution in [0.3, 0.4) is 0 Å². The highest BCUT2D eigenvalue weighted by Crippen LogP contribution is 2.35. The fraction of sp³-hybridized carbons (Fsp3) is 0. The van der Waals surface area contributed by atoms with Crippen molar-refractivity contribution < 1.29 is 0 Å². The first kappa shape index (κ1) is 14.2. The molecule has 0 saturated carbocycles. The summed E-state index contributed by atoms with van der Waals surface area (Å²) in [6, 6.07) is 11.5. The molecule has 1 aromatic carbocycles. The maximum atomic E-state index is 5.98. The van der Waals surface area contributed by atoms with Crippen LogP contribution in [0.2, 0.25) is 5.02 Å². The average Bonchev–Trinajstić information content (AvgIpc) is 3.04. The zero-order valence-corrected chi connectivity index (χ0v) is 13.7. The Morgan fingerprint density at radius 3 is 2.48 bits per heavy atom. The summed E-state index contributed by atoms with van der Waals surface area (Å²) in [4.78, 5) is 16.6. The number of nitrogens with zero attached hydrogens (tertiary/aromatic N) is 3. The molecule has 6 heteroatoms. The number of anilines is 2. The molecule has 0 aliphatic rings. The van der Waals surface area contributed by atoms with Gasteiger partial charge in [0.1, 0.15) is 0 Å². The van der Waals surface area contributed by atoms with Crippen LogP contribution < -0.4 is 5.32 Å². The maximum Gasteiger partial charge on any atom is 0.155 e. The van der Waals surface area contributed by atoms with E-state index in [1.807, 2.05) is 42.6 Å². The van der Waals surface area contributed by atoms with E-state index in [1.54, 1.807) is 18.6 Å². The zero-order chi connectivity index (χ0) is 16.8. The zero-order valence-electron chi connectivity index (χ0n) is 13.0. The number of aromatic nitrogens is 4. The quantitative estimate of drug-likeness (QED) is 0.469. The van der Waals surface area contributed by atoms with Gasteiger partial charge in [0.25, 0.3) is 0 Å². The standard InChI is InChI=1S/C19H12ClN5/c20-11-1-3-12(4-2-11)23-19-18-17(13-5-7-21-9-15(13)24-18)14-6-8-22-10-16(14)25-19/h1-10,24H,(H,23,25). The normalized spacial score (nSPS) is 11.4. The van der Waals surface area contributed by atoms with E-state index in [4.69, 9.17) is 16.6 Å². The van der Waals surface area contributed by atoms with Crippen molar-refractivity contribution in [1.29, 1.82) is 0 Å². The average molecular weight is 346 g/mol. The molecular formula is C19H12ClN5. The lowest BCUT2D eigenvalue weighted by Gasteiger charge is -2.09. The molecule has 0 unspecified atom stereocenters. The van der Waals surface area contributed by atoms with E-state index in [0.717, 1.165) is 44.2 Å². The van der Waals surface area contributed by atoms with Gasteiger partial charge in [0.2, 0.25) is 0 Å². The fourth-order valence-corrected chi connectivity index (χ4v) is 3.25. The Balaban J connectivity index is 1.83. The van der Waals surface area contributed by atoms with Gasteiger partial charge in [-0.15, -0.1) is 0 Å². The van der Waals surface area contributed by atoms with Crippen molar-refractivity contribution in [3.8, 4) is 0 Å². The van der Waals surface area contributed by atoms with Crippen LogP contribution in [0.5, 0.6) is 0 Å². The van der Waals surface area contributed by atoms with Gasteiger partial charge in [0.05, 0.1) is 28.9 Å².